The number of nitrogens with zero attached hydrogens (tertiary/aromatic N) is 2. The monoisotopic (exact) mass is 374 g/mol. The van der Waals surface area contributed by atoms with E-state index in [4.69, 9.17) is 9.47 Å². The Bertz CT molecular complexity index is 885. The third-order valence-electron chi connectivity index (χ3n) is 4.27. The summed E-state index contributed by atoms with van der Waals surface area (Å²) in [4.78, 5) is 35.1. The van der Waals surface area contributed by atoms with Crippen LogP contribution in [-0.2, 0) is 11.3 Å². The summed E-state index contributed by atoms with van der Waals surface area (Å²) in [5.41, 5.74) is 1.92. The Kier molecular flexibility index (Phi) is 6.33. The molecule has 1 aromatic carbocycles. The molecule has 2 rings (SSSR count). The molecular formula is C19H22N2O6. The Morgan fingerprint density at radius 3 is 2.48 bits per heavy atom. The van der Waals surface area contributed by atoms with Gasteiger partial charge < -0.3 is 14.0 Å². The summed E-state index contributed by atoms with van der Waals surface area (Å²) in [6.07, 6.45) is 0.936. The average Bonchev–Trinajstić information content (AvgIpc) is 2.93. The van der Waals surface area contributed by atoms with Crippen molar-refractivity contribution in [2.45, 2.75) is 33.7 Å². The van der Waals surface area contributed by atoms with Crippen molar-refractivity contribution in [2.24, 2.45) is 0 Å². The molecule has 8 nitrogen and oxygen atoms in total. The fourth-order valence-electron chi connectivity index (χ4n) is 2.91. The Hall–Kier alpha value is -3.16. The molecule has 0 fully saturated rings. The van der Waals surface area contributed by atoms with Crippen LogP contribution in [0.2, 0.25) is 0 Å². The highest BCUT2D eigenvalue weighted by Crippen LogP contribution is 2.25. The lowest BCUT2D eigenvalue weighted by Crippen LogP contribution is -2.16. The van der Waals surface area contributed by atoms with Gasteiger partial charge >= 0.3 is 5.97 Å². The molecule has 0 atom stereocenters. The van der Waals surface area contributed by atoms with E-state index < -0.39 is 17.5 Å². The number of ether oxygens (including phenoxy) is 2. The fraction of sp³-hybridized carbons (Fsp3) is 0.368. The van der Waals surface area contributed by atoms with Gasteiger partial charge in [0.2, 0.25) is 5.78 Å². The fourth-order valence-corrected chi connectivity index (χ4v) is 2.91. The van der Waals surface area contributed by atoms with Crippen molar-refractivity contribution in [3.8, 4) is 5.75 Å². The van der Waals surface area contributed by atoms with Crippen LogP contribution < -0.4 is 4.74 Å². The number of esters is 1. The number of methoxy groups -OCH3 is 1. The number of aryl methyl sites for hydroxylation is 1. The van der Waals surface area contributed by atoms with Crippen molar-refractivity contribution < 1.29 is 24.0 Å². The number of carbonyl (C=O) groups is 2. The molecular weight excluding hydrogens is 352 g/mol. The van der Waals surface area contributed by atoms with Crippen LogP contribution in [0.15, 0.2) is 24.3 Å². The molecule has 0 saturated heterocycles. The summed E-state index contributed by atoms with van der Waals surface area (Å²) in [6.45, 7) is 6.16. The van der Waals surface area contributed by atoms with E-state index in [0.29, 0.717) is 5.56 Å². The Morgan fingerprint density at radius 2 is 1.89 bits per heavy atom. The van der Waals surface area contributed by atoms with Crippen molar-refractivity contribution in [1.29, 1.82) is 0 Å². The van der Waals surface area contributed by atoms with Crippen molar-refractivity contribution in [1.82, 2.24) is 4.57 Å². The second kappa shape index (κ2) is 8.48. The zero-order chi connectivity index (χ0) is 20.1. The SMILES string of the molecule is CCCn1c(C)cc(C(=O)COC(=O)c2cc([N+](=O)[O-])ccc2OC)c1C. The van der Waals surface area contributed by atoms with Gasteiger partial charge in [0.15, 0.2) is 6.61 Å². The topological polar surface area (TPSA) is 101 Å². The number of nitro benzene ring substituents is 1. The van der Waals surface area contributed by atoms with Crippen LogP contribution in [0.1, 0.15) is 45.4 Å². The molecule has 0 radical (unpaired) electrons. The largest absolute Gasteiger partial charge is 0.496 e. The Balaban J connectivity index is 2.16. The molecule has 2 aromatic rings. The van der Waals surface area contributed by atoms with E-state index in [-0.39, 0.29) is 22.8 Å². The minimum absolute atomic E-state index is 0.101. The normalized spacial score (nSPS) is 10.5. The third-order valence-corrected chi connectivity index (χ3v) is 4.27. The number of nitro groups is 1. The zero-order valence-corrected chi connectivity index (χ0v) is 15.8. The maximum Gasteiger partial charge on any atom is 0.342 e. The first-order valence-corrected chi connectivity index (χ1v) is 8.49. The zero-order valence-electron chi connectivity index (χ0n) is 15.8. The van der Waals surface area contributed by atoms with E-state index in [0.717, 1.165) is 30.4 Å². The van der Waals surface area contributed by atoms with Crippen LogP contribution in [0.5, 0.6) is 5.75 Å². The van der Waals surface area contributed by atoms with Gasteiger partial charge in [-0.25, -0.2) is 4.79 Å². The lowest BCUT2D eigenvalue weighted by Gasteiger charge is -2.09. The molecule has 0 saturated carbocycles. The van der Waals surface area contributed by atoms with E-state index in [1.54, 1.807) is 6.07 Å². The molecule has 0 spiro atoms. The molecule has 144 valence electrons. The standard InChI is InChI=1S/C19H22N2O6/c1-5-8-20-12(2)9-15(13(20)3)17(22)11-27-19(23)16-10-14(21(24)25)6-7-18(16)26-4/h6-7,9-10H,5,8,11H2,1-4H3. The number of hydrogen-bond donors (Lipinski definition) is 0. The molecule has 0 aliphatic heterocycles. The predicted molar refractivity (Wildman–Crippen MR) is 98.5 cm³/mol. The van der Waals surface area contributed by atoms with Crippen molar-refractivity contribution in [2.75, 3.05) is 13.7 Å². The van der Waals surface area contributed by atoms with Gasteiger partial charge in [-0.3, -0.25) is 14.9 Å². The first-order chi connectivity index (χ1) is 12.8. The van der Waals surface area contributed by atoms with Gasteiger partial charge in [0.05, 0.1) is 12.0 Å². The van der Waals surface area contributed by atoms with Gasteiger partial charge in [-0.05, 0) is 32.4 Å². The second-order valence-electron chi connectivity index (χ2n) is 6.08. The number of aromatic nitrogens is 1. The molecule has 0 N–H and O–H groups in total. The quantitative estimate of drug-likeness (QED) is 0.303. The molecule has 8 heteroatoms. The number of carbonyl (C=O) groups excluding carboxylic acids is 2. The van der Waals surface area contributed by atoms with Crippen LogP contribution in [0.4, 0.5) is 5.69 Å². The smallest absolute Gasteiger partial charge is 0.342 e. The van der Waals surface area contributed by atoms with Crippen LogP contribution in [0.25, 0.3) is 0 Å². The van der Waals surface area contributed by atoms with Gasteiger partial charge in [-0.15, -0.1) is 0 Å². The van der Waals surface area contributed by atoms with E-state index >= 15 is 0 Å². The van der Waals surface area contributed by atoms with Gasteiger partial charge in [0, 0.05) is 35.6 Å². The summed E-state index contributed by atoms with van der Waals surface area (Å²) in [7, 11) is 1.34. The third kappa shape index (κ3) is 4.33. The molecule has 0 aliphatic rings. The molecule has 0 bridgehead atoms. The first-order valence-electron chi connectivity index (χ1n) is 8.49. The number of benzene rings is 1. The lowest BCUT2D eigenvalue weighted by molar-refractivity contribution is -0.384. The summed E-state index contributed by atoms with van der Waals surface area (Å²) >= 11 is 0. The van der Waals surface area contributed by atoms with Crippen LogP contribution in [-0.4, -0.2) is 35.0 Å². The minimum Gasteiger partial charge on any atom is -0.496 e. The number of ketones is 1. The molecule has 27 heavy (non-hydrogen) atoms. The highest BCUT2D eigenvalue weighted by Gasteiger charge is 2.21. The predicted octanol–water partition coefficient (Wildman–Crippen LogP) is 3.47. The highest BCUT2D eigenvalue weighted by atomic mass is 16.6. The summed E-state index contributed by atoms with van der Waals surface area (Å²) in [5, 5.41) is 10.9. The molecule has 1 heterocycles. The second-order valence-corrected chi connectivity index (χ2v) is 6.08. The molecule has 0 amide bonds. The summed E-state index contributed by atoms with van der Waals surface area (Å²) < 4.78 is 12.2. The maximum atomic E-state index is 12.5. The van der Waals surface area contributed by atoms with Crippen LogP contribution >= 0.6 is 0 Å². The number of non-ortho nitro benzene ring substituents is 1. The minimum atomic E-state index is -0.855. The number of rotatable bonds is 8. The Labute approximate surface area is 156 Å². The van der Waals surface area contributed by atoms with Gasteiger partial charge in [0.25, 0.3) is 5.69 Å². The van der Waals surface area contributed by atoms with Gasteiger partial charge in [-0.1, -0.05) is 6.92 Å². The number of Topliss-reactive ketones (excluding diaryl/α,β-unsaturated/α-hetero) is 1. The van der Waals surface area contributed by atoms with Crippen molar-refractivity contribution in [3.05, 3.63) is 56.9 Å². The number of hydrogen-bond acceptors (Lipinski definition) is 6. The van der Waals surface area contributed by atoms with Crippen LogP contribution in [0, 0.1) is 24.0 Å². The van der Waals surface area contributed by atoms with Crippen LogP contribution in [0.3, 0.4) is 0 Å². The van der Waals surface area contributed by atoms with Gasteiger partial charge in [0.1, 0.15) is 11.3 Å². The van der Waals surface area contributed by atoms with E-state index in [2.05, 4.69) is 6.92 Å². The first kappa shape index (κ1) is 20.2. The van der Waals surface area contributed by atoms with Crippen molar-refractivity contribution in [3.63, 3.8) is 0 Å². The van der Waals surface area contributed by atoms with E-state index in [1.807, 2.05) is 18.4 Å². The molecule has 1 aromatic heterocycles. The lowest BCUT2D eigenvalue weighted by atomic mass is 10.1. The van der Waals surface area contributed by atoms with Gasteiger partial charge in [-0.2, -0.15) is 0 Å². The summed E-state index contributed by atoms with van der Waals surface area (Å²) in [6, 6.07) is 5.38. The van der Waals surface area contributed by atoms with Crippen molar-refractivity contribution >= 4 is 17.4 Å². The van der Waals surface area contributed by atoms with E-state index in [9.17, 15) is 19.7 Å². The molecule has 0 unspecified atom stereocenters. The Morgan fingerprint density at radius 1 is 1.19 bits per heavy atom. The van der Waals surface area contributed by atoms with E-state index in [1.165, 1.54) is 19.2 Å². The molecule has 0 aliphatic carbocycles. The summed E-state index contributed by atoms with van der Waals surface area (Å²) in [5.74, 6) is -1.05. The average molecular weight is 374 g/mol. The maximum absolute atomic E-state index is 12.5. The highest BCUT2D eigenvalue weighted by molar-refractivity contribution is 6.01.